The van der Waals surface area contributed by atoms with Crippen molar-refractivity contribution < 1.29 is 19.0 Å². The predicted octanol–water partition coefficient (Wildman–Crippen LogP) is 4.00. The lowest BCUT2D eigenvalue weighted by Crippen LogP contribution is -2.21. The van der Waals surface area contributed by atoms with Crippen LogP contribution in [0.15, 0.2) is 30.3 Å². The minimum absolute atomic E-state index is 0.153. The molecule has 0 saturated carbocycles. The third-order valence-corrected chi connectivity index (χ3v) is 4.40. The van der Waals surface area contributed by atoms with E-state index in [4.69, 9.17) is 19.5 Å². The largest absolute Gasteiger partial charge is 0.490 e. The number of aryl methyl sites for hydroxylation is 2. The van der Waals surface area contributed by atoms with Crippen LogP contribution in [0.5, 0.6) is 17.2 Å². The summed E-state index contributed by atoms with van der Waals surface area (Å²) in [4.78, 5) is 11.4. The van der Waals surface area contributed by atoms with E-state index in [1.807, 2.05) is 44.2 Å². The highest BCUT2D eigenvalue weighted by atomic mass is 16.5. The number of benzene rings is 2. The Hall–Kier alpha value is -3.20. The maximum Gasteiger partial charge on any atom is 0.234 e. The van der Waals surface area contributed by atoms with Crippen molar-refractivity contribution in [3.63, 3.8) is 0 Å². The summed E-state index contributed by atoms with van der Waals surface area (Å²) in [6, 6.07) is 11.5. The second-order valence-corrected chi connectivity index (χ2v) is 6.73. The summed E-state index contributed by atoms with van der Waals surface area (Å²) in [5, 5.41) is 11.2. The van der Waals surface area contributed by atoms with Crippen LogP contribution in [0.3, 0.4) is 0 Å². The molecule has 29 heavy (non-hydrogen) atoms. The second-order valence-electron chi connectivity index (χ2n) is 6.73. The first-order chi connectivity index (χ1) is 13.9. The van der Waals surface area contributed by atoms with Gasteiger partial charge in [0.25, 0.3) is 0 Å². The van der Waals surface area contributed by atoms with E-state index in [-0.39, 0.29) is 12.3 Å². The molecule has 0 aliphatic carbocycles. The van der Waals surface area contributed by atoms with Crippen molar-refractivity contribution in [1.82, 2.24) is 5.32 Å². The predicted molar refractivity (Wildman–Crippen MR) is 111 cm³/mol. The van der Waals surface area contributed by atoms with Crippen LogP contribution in [0, 0.1) is 32.1 Å². The van der Waals surface area contributed by atoms with Crippen LogP contribution in [-0.2, 0) is 11.3 Å². The molecule has 154 valence electrons. The number of nitriles is 1. The number of nitrogens with zero attached hydrogens (tertiary/aromatic N) is 1. The Morgan fingerprint density at radius 2 is 1.72 bits per heavy atom. The number of carbonyl (C=O) groups excluding carboxylic acids is 1. The van der Waals surface area contributed by atoms with Crippen molar-refractivity contribution in [3.8, 4) is 23.3 Å². The first-order valence-corrected chi connectivity index (χ1v) is 9.67. The van der Waals surface area contributed by atoms with Crippen LogP contribution in [0.4, 0.5) is 0 Å². The number of rotatable bonds is 10. The minimum Gasteiger partial charge on any atom is -0.490 e. The molecule has 1 amide bonds. The maximum atomic E-state index is 11.4. The normalized spacial score (nSPS) is 10.2. The lowest BCUT2D eigenvalue weighted by Gasteiger charge is -2.15. The molecule has 0 aromatic heterocycles. The fourth-order valence-electron chi connectivity index (χ4n) is 2.84. The van der Waals surface area contributed by atoms with Gasteiger partial charge in [-0.15, -0.1) is 0 Å². The van der Waals surface area contributed by atoms with Crippen LogP contribution >= 0.6 is 0 Å². The van der Waals surface area contributed by atoms with Crippen molar-refractivity contribution in [2.24, 2.45) is 0 Å². The zero-order valence-electron chi connectivity index (χ0n) is 17.5. The van der Waals surface area contributed by atoms with E-state index >= 15 is 0 Å². The number of hydrogen-bond acceptors (Lipinski definition) is 5. The smallest absolute Gasteiger partial charge is 0.234 e. The van der Waals surface area contributed by atoms with Crippen molar-refractivity contribution in [1.29, 1.82) is 5.26 Å². The summed E-state index contributed by atoms with van der Waals surface area (Å²) in [6.07, 6.45) is -0.153. The molecule has 0 atom stereocenters. The molecule has 1 N–H and O–H groups in total. The second kappa shape index (κ2) is 11.0. The van der Waals surface area contributed by atoms with Gasteiger partial charge in [0.1, 0.15) is 25.4 Å². The molecular weight excluding hydrogens is 368 g/mol. The van der Waals surface area contributed by atoms with E-state index in [0.29, 0.717) is 37.9 Å². The third kappa shape index (κ3) is 6.72. The molecule has 2 rings (SSSR count). The average molecular weight is 396 g/mol. The SMILES string of the molecule is CCOc1cc(CNC(=O)CC#N)ccc1OCCOc1cc(C)cc(C)c1C. The molecule has 0 unspecified atom stereocenters. The Labute approximate surface area is 172 Å². The van der Waals surface area contributed by atoms with Crippen molar-refractivity contribution in [2.75, 3.05) is 19.8 Å². The Morgan fingerprint density at radius 3 is 2.41 bits per heavy atom. The van der Waals surface area contributed by atoms with Crippen LogP contribution < -0.4 is 19.5 Å². The number of amides is 1. The highest BCUT2D eigenvalue weighted by Gasteiger charge is 2.09. The van der Waals surface area contributed by atoms with Crippen LogP contribution in [0.1, 0.15) is 35.6 Å². The highest BCUT2D eigenvalue weighted by molar-refractivity contribution is 5.77. The summed E-state index contributed by atoms with van der Waals surface area (Å²) >= 11 is 0. The Morgan fingerprint density at radius 1 is 1.00 bits per heavy atom. The number of nitrogens with one attached hydrogen (secondary N) is 1. The summed E-state index contributed by atoms with van der Waals surface area (Å²) in [7, 11) is 0. The molecule has 0 aliphatic heterocycles. The number of hydrogen-bond donors (Lipinski definition) is 1. The lowest BCUT2D eigenvalue weighted by atomic mass is 10.1. The quantitative estimate of drug-likeness (QED) is 0.614. The topological polar surface area (TPSA) is 80.6 Å². The molecule has 0 saturated heterocycles. The Kier molecular flexibility index (Phi) is 8.35. The molecule has 0 fully saturated rings. The highest BCUT2D eigenvalue weighted by Crippen LogP contribution is 2.29. The molecular formula is C23H28N2O4. The van der Waals surface area contributed by atoms with E-state index in [2.05, 4.69) is 25.2 Å². The summed E-state index contributed by atoms with van der Waals surface area (Å²) in [5.74, 6) is 1.81. The van der Waals surface area contributed by atoms with Gasteiger partial charge in [-0.3, -0.25) is 4.79 Å². The molecule has 0 heterocycles. The van der Waals surface area contributed by atoms with Crippen molar-refractivity contribution in [2.45, 2.75) is 40.7 Å². The standard InChI is InChI=1S/C23H28N2O4/c1-5-27-22-14-19(15-25-23(26)8-9-24)6-7-20(22)28-10-11-29-21-13-16(2)12-17(3)18(21)4/h6-7,12-14H,5,8,10-11,15H2,1-4H3,(H,25,26). The van der Waals surface area contributed by atoms with Gasteiger partial charge in [0.05, 0.1) is 12.7 Å². The first kappa shape index (κ1) is 22.1. The summed E-state index contributed by atoms with van der Waals surface area (Å²) in [6.45, 7) is 9.70. The van der Waals surface area contributed by atoms with Gasteiger partial charge in [-0.05, 0) is 68.1 Å². The fourth-order valence-corrected chi connectivity index (χ4v) is 2.84. The molecule has 6 nitrogen and oxygen atoms in total. The van der Waals surface area contributed by atoms with Gasteiger partial charge in [-0.1, -0.05) is 12.1 Å². The van der Waals surface area contributed by atoms with E-state index in [0.717, 1.165) is 16.9 Å². The molecule has 0 bridgehead atoms. The van der Waals surface area contributed by atoms with E-state index in [9.17, 15) is 4.79 Å². The average Bonchev–Trinajstić information content (AvgIpc) is 2.68. The van der Waals surface area contributed by atoms with Crippen LogP contribution in [-0.4, -0.2) is 25.7 Å². The Balaban J connectivity index is 1.94. The zero-order valence-corrected chi connectivity index (χ0v) is 17.5. The van der Waals surface area contributed by atoms with Gasteiger partial charge < -0.3 is 19.5 Å². The van der Waals surface area contributed by atoms with Gasteiger partial charge in [0.15, 0.2) is 11.5 Å². The molecule has 2 aromatic rings. The molecule has 6 heteroatoms. The monoisotopic (exact) mass is 396 g/mol. The van der Waals surface area contributed by atoms with Gasteiger partial charge in [-0.25, -0.2) is 0 Å². The Bertz CT molecular complexity index is 887. The minimum atomic E-state index is -0.301. The third-order valence-electron chi connectivity index (χ3n) is 4.40. The maximum absolute atomic E-state index is 11.4. The molecule has 0 radical (unpaired) electrons. The van der Waals surface area contributed by atoms with E-state index < -0.39 is 0 Å². The molecule has 0 spiro atoms. The van der Waals surface area contributed by atoms with Crippen LogP contribution in [0.25, 0.3) is 0 Å². The van der Waals surface area contributed by atoms with Crippen molar-refractivity contribution >= 4 is 5.91 Å². The fraction of sp³-hybridized carbons (Fsp3) is 0.391. The van der Waals surface area contributed by atoms with Gasteiger partial charge in [-0.2, -0.15) is 5.26 Å². The molecule has 0 aliphatic rings. The number of carbonyl (C=O) groups is 1. The van der Waals surface area contributed by atoms with Gasteiger partial charge >= 0.3 is 0 Å². The van der Waals surface area contributed by atoms with Gasteiger partial charge in [0, 0.05) is 6.54 Å². The lowest BCUT2D eigenvalue weighted by molar-refractivity contribution is -0.120. The summed E-state index contributed by atoms with van der Waals surface area (Å²) in [5.41, 5.74) is 4.37. The van der Waals surface area contributed by atoms with E-state index in [1.54, 1.807) is 0 Å². The zero-order chi connectivity index (χ0) is 21.2. The van der Waals surface area contributed by atoms with Crippen LogP contribution in [0.2, 0.25) is 0 Å². The van der Waals surface area contributed by atoms with E-state index in [1.165, 1.54) is 11.1 Å². The first-order valence-electron chi connectivity index (χ1n) is 9.67. The summed E-state index contributed by atoms with van der Waals surface area (Å²) < 4.78 is 17.4. The molecule has 2 aromatic carbocycles. The number of ether oxygens (including phenoxy) is 3. The van der Waals surface area contributed by atoms with Gasteiger partial charge in [0.2, 0.25) is 5.91 Å². The van der Waals surface area contributed by atoms with Crippen molar-refractivity contribution in [3.05, 3.63) is 52.6 Å².